The first-order valence-corrected chi connectivity index (χ1v) is 4.02. The van der Waals surface area contributed by atoms with Crippen LogP contribution in [0.25, 0.3) is 0 Å². The zero-order chi connectivity index (χ0) is 6.55. The van der Waals surface area contributed by atoms with Crippen LogP contribution in [0.3, 0.4) is 0 Å². The van der Waals surface area contributed by atoms with Crippen LogP contribution in [0.5, 0.6) is 0 Å². The van der Waals surface area contributed by atoms with Gasteiger partial charge in [-0.3, -0.25) is 0 Å². The van der Waals surface area contributed by atoms with Crippen molar-refractivity contribution in [2.24, 2.45) is 11.8 Å². The highest BCUT2D eigenvalue weighted by molar-refractivity contribution is 5.46. The third-order valence-corrected chi connectivity index (χ3v) is 2.96. The van der Waals surface area contributed by atoms with Gasteiger partial charge >= 0.3 is 0 Å². The second kappa shape index (κ2) is 1.45. The van der Waals surface area contributed by atoms with Gasteiger partial charge < -0.3 is 0 Å². The normalized spacial score (nSPS) is 40.0. The van der Waals surface area contributed by atoms with Crippen molar-refractivity contribution in [2.75, 3.05) is 0 Å². The van der Waals surface area contributed by atoms with Gasteiger partial charge in [0, 0.05) is 5.92 Å². The molecule has 10 heavy (non-hydrogen) atoms. The van der Waals surface area contributed by atoms with Crippen LogP contribution in [0.4, 0.5) is 0 Å². The minimum atomic E-state index is 0.819. The van der Waals surface area contributed by atoms with E-state index in [2.05, 4.69) is 24.3 Å². The van der Waals surface area contributed by atoms with Gasteiger partial charge in [0.1, 0.15) is 0 Å². The lowest BCUT2D eigenvalue weighted by molar-refractivity contribution is 0.598. The molecule has 0 heterocycles. The standard InChI is InChI=1S/C10H10/c1-2-9-7-4-5-8(6-7)10(9)3-1/h1-2,4-5,7,9H,3,6H2. The number of hydrogen-bond acceptors (Lipinski definition) is 0. The maximum atomic E-state index is 2.39. The van der Waals surface area contributed by atoms with Crippen LogP contribution >= 0.6 is 0 Å². The minimum Gasteiger partial charge on any atom is -0.0838 e. The highest BCUT2D eigenvalue weighted by atomic mass is 14.4. The predicted molar refractivity (Wildman–Crippen MR) is 41.5 cm³/mol. The Morgan fingerprint density at radius 3 is 3.20 bits per heavy atom. The Morgan fingerprint density at radius 2 is 2.30 bits per heavy atom. The first kappa shape index (κ1) is 4.95. The maximum absolute atomic E-state index is 2.39. The van der Waals surface area contributed by atoms with E-state index < -0.39 is 0 Å². The molecular weight excluding hydrogens is 120 g/mol. The van der Waals surface area contributed by atoms with Crippen molar-refractivity contribution < 1.29 is 0 Å². The number of fused-ring (bicyclic) bond motifs is 4. The van der Waals surface area contributed by atoms with Crippen LogP contribution in [0, 0.1) is 11.8 Å². The van der Waals surface area contributed by atoms with Gasteiger partial charge in [-0.1, -0.05) is 29.9 Å². The largest absolute Gasteiger partial charge is 0.0838 e. The SMILES string of the molecule is C1=CC2C(=C3C=CC2C3)C1. The summed E-state index contributed by atoms with van der Waals surface area (Å²) in [6.07, 6.45) is 12.0. The van der Waals surface area contributed by atoms with Crippen molar-refractivity contribution in [3.05, 3.63) is 35.5 Å². The van der Waals surface area contributed by atoms with Crippen molar-refractivity contribution in [1.29, 1.82) is 0 Å². The van der Waals surface area contributed by atoms with E-state index in [0.29, 0.717) is 0 Å². The lowest BCUT2D eigenvalue weighted by atomic mass is 9.93. The number of rotatable bonds is 0. The van der Waals surface area contributed by atoms with E-state index in [9.17, 15) is 0 Å². The summed E-state index contributed by atoms with van der Waals surface area (Å²) in [6, 6.07) is 0. The average Bonchev–Trinajstić information content (AvgIpc) is 2.60. The summed E-state index contributed by atoms with van der Waals surface area (Å²) in [5.41, 5.74) is 3.35. The molecular formula is C10H10. The molecule has 0 saturated heterocycles. The Kier molecular flexibility index (Phi) is 0.715. The molecule has 0 aromatic carbocycles. The van der Waals surface area contributed by atoms with E-state index in [4.69, 9.17) is 0 Å². The fourth-order valence-electron chi connectivity index (χ4n) is 2.45. The van der Waals surface area contributed by atoms with Crippen LogP contribution < -0.4 is 0 Å². The molecule has 2 bridgehead atoms. The summed E-state index contributed by atoms with van der Waals surface area (Å²) >= 11 is 0. The monoisotopic (exact) mass is 130 g/mol. The number of hydrogen-bond donors (Lipinski definition) is 0. The van der Waals surface area contributed by atoms with Crippen LogP contribution in [0.1, 0.15) is 12.8 Å². The van der Waals surface area contributed by atoms with Crippen molar-refractivity contribution in [2.45, 2.75) is 12.8 Å². The Balaban J connectivity index is 2.19. The first-order valence-electron chi connectivity index (χ1n) is 4.02. The summed E-state index contributed by atoms with van der Waals surface area (Å²) in [6.45, 7) is 0. The summed E-state index contributed by atoms with van der Waals surface area (Å²) in [5, 5.41) is 0. The van der Waals surface area contributed by atoms with Gasteiger partial charge in [0.15, 0.2) is 0 Å². The van der Waals surface area contributed by atoms with E-state index in [0.717, 1.165) is 11.8 Å². The molecule has 0 N–H and O–H groups in total. The highest BCUT2D eigenvalue weighted by Crippen LogP contribution is 2.48. The Labute approximate surface area is 60.9 Å². The third kappa shape index (κ3) is 0.406. The predicted octanol–water partition coefficient (Wildman–Crippen LogP) is 2.45. The molecule has 3 aliphatic rings. The summed E-state index contributed by atoms with van der Waals surface area (Å²) < 4.78 is 0. The molecule has 0 aromatic rings. The molecule has 3 rings (SSSR count). The van der Waals surface area contributed by atoms with Crippen molar-refractivity contribution >= 4 is 0 Å². The molecule has 0 aromatic heterocycles. The van der Waals surface area contributed by atoms with Crippen LogP contribution in [0.2, 0.25) is 0 Å². The highest BCUT2D eigenvalue weighted by Gasteiger charge is 2.35. The summed E-state index contributed by atoms with van der Waals surface area (Å²) in [7, 11) is 0. The Morgan fingerprint density at radius 1 is 1.30 bits per heavy atom. The van der Waals surface area contributed by atoms with Gasteiger partial charge in [0.25, 0.3) is 0 Å². The first-order chi connectivity index (χ1) is 4.95. The van der Waals surface area contributed by atoms with Crippen LogP contribution in [0.15, 0.2) is 35.5 Å². The molecule has 0 aliphatic heterocycles. The summed E-state index contributed by atoms with van der Waals surface area (Å²) in [4.78, 5) is 0. The van der Waals surface area contributed by atoms with Crippen molar-refractivity contribution in [3.8, 4) is 0 Å². The van der Waals surface area contributed by atoms with E-state index in [1.54, 1.807) is 11.1 Å². The molecule has 0 nitrogen and oxygen atoms in total. The molecule has 2 atom stereocenters. The van der Waals surface area contributed by atoms with E-state index in [1.807, 2.05) is 0 Å². The molecule has 0 fully saturated rings. The number of allylic oxidation sites excluding steroid dienone is 6. The summed E-state index contributed by atoms with van der Waals surface area (Å²) in [5.74, 6) is 1.67. The van der Waals surface area contributed by atoms with Gasteiger partial charge in [-0.25, -0.2) is 0 Å². The van der Waals surface area contributed by atoms with E-state index in [1.165, 1.54) is 12.8 Å². The smallest absolute Gasteiger partial charge is 0.00519 e. The van der Waals surface area contributed by atoms with Crippen LogP contribution in [-0.4, -0.2) is 0 Å². The molecule has 0 spiro atoms. The Bertz CT molecular complexity index is 266. The Hall–Kier alpha value is -0.780. The third-order valence-electron chi connectivity index (χ3n) is 2.96. The van der Waals surface area contributed by atoms with Gasteiger partial charge in [-0.05, 0) is 24.3 Å². The van der Waals surface area contributed by atoms with Gasteiger partial charge in [-0.15, -0.1) is 0 Å². The lowest BCUT2D eigenvalue weighted by Crippen LogP contribution is -2.02. The molecule has 3 aliphatic carbocycles. The molecule has 0 radical (unpaired) electrons. The van der Waals surface area contributed by atoms with Gasteiger partial charge in [0.2, 0.25) is 0 Å². The molecule has 2 unspecified atom stereocenters. The second-order valence-electron chi connectivity index (χ2n) is 3.44. The topological polar surface area (TPSA) is 0 Å². The zero-order valence-electron chi connectivity index (χ0n) is 5.88. The van der Waals surface area contributed by atoms with E-state index in [-0.39, 0.29) is 0 Å². The minimum absolute atomic E-state index is 0.819. The van der Waals surface area contributed by atoms with Crippen molar-refractivity contribution in [1.82, 2.24) is 0 Å². The van der Waals surface area contributed by atoms with Crippen molar-refractivity contribution in [3.63, 3.8) is 0 Å². The van der Waals surface area contributed by atoms with E-state index >= 15 is 0 Å². The van der Waals surface area contributed by atoms with Gasteiger partial charge in [0.05, 0.1) is 0 Å². The fraction of sp³-hybridized carbons (Fsp3) is 0.400. The van der Waals surface area contributed by atoms with Gasteiger partial charge in [-0.2, -0.15) is 0 Å². The fourth-order valence-corrected chi connectivity index (χ4v) is 2.45. The zero-order valence-corrected chi connectivity index (χ0v) is 5.88. The molecule has 0 saturated carbocycles. The lowest BCUT2D eigenvalue weighted by Gasteiger charge is -2.11. The molecule has 50 valence electrons. The molecule has 0 amide bonds. The maximum Gasteiger partial charge on any atom is 0.00519 e. The molecule has 0 heteroatoms. The second-order valence-corrected chi connectivity index (χ2v) is 3.44. The van der Waals surface area contributed by atoms with Crippen LogP contribution in [-0.2, 0) is 0 Å². The average molecular weight is 130 g/mol. The quantitative estimate of drug-likeness (QED) is 0.442.